The number of ether oxygens (including phenoxy) is 2. The molecule has 0 bridgehead atoms. The lowest BCUT2D eigenvalue weighted by molar-refractivity contribution is -0.118. The Morgan fingerprint density at radius 2 is 1.68 bits per heavy atom. The van der Waals surface area contributed by atoms with Crippen molar-refractivity contribution in [3.63, 3.8) is 0 Å². The third-order valence-corrected chi connectivity index (χ3v) is 5.99. The number of carbonyl (C=O) groups excluding carboxylic acids is 1. The van der Waals surface area contributed by atoms with Gasteiger partial charge in [-0.15, -0.1) is 0 Å². The number of rotatable bonds is 6. The fourth-order valence-electron chi connectivity index (χ4n) is 3.55. The molecular formula is C27H24ClNO5. The molecule has 1 aromatic heterocycles. The molecule has 3 aromatic carbocycles. The SMILES string of the molecule is Cc1ccc(C)c(NC(=O)COc2ccc3c(=O)c(Oc4cc(C)c(Cl)c(C)c4)coc3c2)c1. The van der Waals surface area contributed by atoms with Gasteiger partial charge in [-0.3, -0.25) is 9.59 Å². The van der Waals surface area contributed by atoms with Crippen molar-refractivity contribution in [2.24, 2.45) is 0 Å². The standard InChI is InChI=1S/C27H24ClNO5/c1-15-5-6-16(2)22(9-15)29-25(30)14-32-19-7-8-21-23(12-19)33-13-24(27(21)31)34-20-10-17(3)26(28)18(4)11-20/h5-13H,14H2,1-4H3,(H,29,30). The molecule has 0 fully saturated rings. The maximum Gasteiger partial charge on any atom is 0.262 e. The first kappa shape index (κ1) is 23.4. The van der Waals surface area contributed by atoms with Gasteiger partial charge in [0, 0.05) is 16.8 Å². The molecule has 0 saturated heterocycles. The second kappa shape index (κ2) is 9.61. The molecular weight excluding hydrogens is 454 g/mol. The Labute approximate surface area is 202 Å². The normalized spacial score (nSPS) is 10.9. The van der Waals surface area contributed by atoms with E-state index in [4.69, 9.17) is 25.5 Å². The van der Waals surface area contributed by atoms with Crippen LogP contribution < -0.4 is 20.2 Å². The minimum atomic E-state index is -0.314. The van der Waals surface area contributed by atoms with Gasteiger partial charge in [-0.2, -0.15) is 0 Å². The molecule has 0 spiro atoms. The number of benzene rings is 3. The van der Waals surface area contributed by atoms with E-state index in [2.05, 4.69) is 5.32 Å². The van der Waals surface area contributed by atoms with Crippen molar-refractivity contribution in [2.75, 3.05) is 11.9 Å². The van der Waals surface area contributed by atoms with E-state index < -0.39 is 0 Å². The highest BCUT2D eigenvalue weighted by molar-refractivity contribution is 6.32. The van der Waals surface area contributed by atoms with Crippen molar-refractivity contribution in [1.82, 2.24) is 0 Å². The summed E-state index contributed by atoms with van der Waals surface area (Å²) in [5, 5.41) is 3.85. The zero-order valence-corrected chi connectivity index (χ0v) is 20.1. The largest absolute Gasteiger partial charge is 0.484 e. The van der Waals surface area contributed by atoms with Gasteiger partial charge in [0.1, 0.15) is 23.3 Å². The lowest BCUT2D eigenvalue weighted by Gasteiger charge is -2.11. The van der Waals surface area contributed by atoms with Crippen LogP contribution >= 0.6 is 11.6 Å². The Kier molecular flexibility index (Phi) is 6.61. The van der Waals surface area contributed by atoms with Crippen LogP contribution in [0.4, 0.5) is 5.69 Å². The van der Waals surface area contributed by atoms with Gasteiger partial charge in [-0.1, -0.05) is 23.7 Å². The number of hydrogen-bond acceptors (Lipinski definition) is 5. The minimum Gasteiger partial charge on any atom is -0.484 e. The zero-order valence-electron chi connectivity index (χ0n) is 19.3. The van der Waals surface area contributed by atoms with Gasteiger partial charge in [-0.25, -0.2) is 0 Å². The Hall–Kier alpha value is -3.77. The van der Waals surface area contributed by atoms with Crippen molar-refractivity contribution in [3.8, 4) is 17.2 Å². The van der Waals surface area contributed by atoms with E-state index in [1.807, 2.05) is 45.9 Å². The van der Waals surface area contributed by atoms with Crippen LogP contribution in [0.2, 0.25) is 5.02 Å². The molecule has 0 unspecified atom stereocenters. The van der Waals surface area contributed by atoms with Crippen LogP contribution in [-0.2, 0) is 4.79 Å². The van der Waals surface area contributed by atoms with E-state index in [1.54, 1.807) is 30.3 Å². The summed E-state index contributed by atoms with van der Waals surface area (Å²) < 4.78 is 17.0. The molecule has 0 atom stereocenters. The van der Waals surface area contributed by atoms with E-state index in [0.29, 0.717) is 27.5 Å². The maximum atomic E-state index is 12.9. The molecule has 174 valence electrons. The predicted molar refractivity (Wildman–Crippen MR) is 134 cm³/mol. The summed E-state index contributed by atoms with van der Waals surface area (Å²) in [5.41, 5.74) is 4.48. The van der Waals surface area contributed by atoms with Gasteiger partial charge in [0.2, 0.25) is 11.2 Å². The van der Waals surface area contributed by atoms with Crippen molar-refractivity contribution in [1.29, 1.82) is 0 Å². The van der Waals surface area contributed by atoms with Crippen LogP contribution in [0.5, 0.6) is 17.2 Å². The number of nitrogens with one attached hydrogen (secondary N) is 1. The van der Waals surface area contributed by atoms with Crippen molar-refractivity contribution < 1.29 is 18.7 Å². The summed E-state index contributed by atoms with van der Waals surface area (Å²) in [4.78, 5) is 25.2. The first-order valence-corrected chi connectivity index (χ1v) is 11.1. The predicted octanol–water partition coefficient (Wildman–Crippen LogP) is 6.49. The molecule has 0 aliphatic rings. The molecule has 0 aliphatic carbocycles. The van der Waals surface area contributed by atoms with Crippen LogP contribution in [0.15, 0.2) is 64.0 Å². The average Bonchev–Trinajstić information content (AvgIpc) is 2.80. The number of hydrogen-bond donors (Lipinski definition) is 1. The second-order valence-corrected chi connectivity index (χ2v) is 8.59. The molecule has 1 N–H and O–H groups in total. The van der Waals surface area contributed by atoms with E-state index in [1.165, 1.54) is 6.26 Å². The number of amides is 1. The first-order valence-electron chi connectivity index (χ1n) is 10.7. The minimum absolute atomic E-state index is 0.0650. The lowest BCUT2D eigenvalue weighted by atomic mass is 10.1. The summed E-state index contributed by atoms with van der Waals surface area (Å²) in [7, 11) is 0. The average molecular weight is 478 g/mol. The van der Waals surface area contributed by atoms with Crippen LogP contribution in [0.25, 0.3) is 11.0 Å². The van der Waals surface area contributed by atoms with E-state index in [-0.39, 0.29) is 23.7 Å². The van der Waals surface area contributed by atoms with Crippen molar-refractivity contribution in [3.05, 3.63) is 92.3 Å². The van der Waals surface area contributed by atoms with Crippen molar-refractivity contribution in [2.45, 2.75) is 27.7 Å². The van der Waals surface area contributed by atoms with E-state index in [9.17, 15) is 9.59 Å². The summed E-state index contributed by atoms with van der Waals surface area (Å²) in [6.07, 6.45) is 1.26. The molecule has 0 aliphatic heterocycles. The summed E-state index contributed by atoms with van der Waals surface area (Å²) in [5.74, 6) is 0.688. The number of halogens is 1. The highest BCUT2D eigenvalue weighted by Crippen LogP contribution is 2.29. The number of aryl methyl sites for hydroxylation is 4. The Balaban J connectivity index is 1.47. The fourth-order valence-corrected chi connectivity index (χ4v) is 3.66. The molecule has 34 heavy (non-hydrogen) atoms. The Bertz CT molecular complexity index is 1430. The zero-order chi connectivity index (χ0) is 24.4. The molecule has 7 heteroatoms. The molecule has 0 saturated carbocycles. The molecule has 1 amide bonds. The first-order chi connectivity index (χ1) is 16.2. The van der Waals surface area contributed by atoms with E-state index >= 15 is 0 Å². The summed E-state index contributed by atoms with van der Waals surface area (Å²) in [6, 6.07) is 14.1. The third-order valence-electron chi connectivity index (χ3n) is 5.39. The van der Waals surface area contributed by atoms with E-state index in [0.717, 1.165) is 27.9 Å². The smallest absolute Gasteiger partial charge is 0.262 e. The summed E-state index contributed by atoms with van der Waals surface area (Å²) in [6.45, 7) is 7.44. The van der Waals surface area contributed by atoms with Crippen LogP contribution in [0, 0.1) is 27.7 Å². The molecule has 4 rings (SSSR count). The van der Waals surface area contributed by atoms with Crippen molar-refractivity contribution >= 4 is 34.2 Å². The molecule has 4 aromatic rings. The molecule has 0 radical (unpaired) electrons. The molecule has 1 heterocycles. The van der Waals surface area contributed by atoms with Crippen LogP contribution in [0.1, 0.15) is 22.3 Å². The number of anilines is 1. The topological polar surface area (TPSA) is 77.8 Å². The lowest BCUT2D eigenvalue weighted by Crippen LogP contribution is -2.20. The Morgan fingerprint density at radius 3 is 2.41 bits per heavy atom. The van der Waals surface area contributed by atoms with Crippen LogP contribution in [-0.4, -0.2) is 12.5 Å². The summed E-state index contributed by atoms with van der Waals surface area (Å²) >= 11 is 6.20. The highest BCUT2D eigenvalue weighted by Gasteiger charge is 2.13. The quantitative estimate of drug-likeness (QED) is 0.343. The third kappa shape index (κ3) is 5.07. The van der Waals surface area contributed by atoms with Crippen LogP contribution in [0.3, 0.4) is 0 Å². The van der Waals surface area contributed by atoms with Gasteiger partial charge in [-0.05, 0) is 80.3 Å². The maximum absolute atomic E-state index is 12.9. The van der Waals surface area contributed by atoms with Gasteiger partial charge in [0.25, 0.3) is 5.91 Å². The fraction of sp³-hybridized carbons (Fsp3) is 0.185. The highest BCUT2D eigenvalue weighted by atomic mass is 35.5. The second-order valence-electron chi connectivity index (χ2n) is 8.22. The van der Waals surface area contributed by atoms with Gasteiger partial charge in [0.15, 0.2) is 6.61 Å². The van der Waals surface area contributed by atoms with Gasteiger partial charge >= 0.3 is 0 Å². The molecule has 6 nitrogen and oxygen atoms in total. The van der Waals surface area contributed by atoms with Gasteiger partial charge < -0.3 is 19.2 Å². The van der Waals surface area contributed by atoms with Gasteiger partial charge in [0.05, 0.1) is 5.39 Å². The number of carbonyl (C=O) groups is 1. The number of fused-ring (bicyclic) bond motifs is 1. The monoisotopic (exact) mass is 477 g/mol. The Morgan fingerprint density at radius 1 is 0.941 bits per heavy atom.